The van der Waals surface area contributed by atoms with E-state index < -0.39 is 0 Å². The van der Waals surface area contributed by atoms with Crippen LogP contribution in [0.2, 0.25) is 0 Å². The van der Waals surface area contributed by atoms with E-state index in [1.807, 2.05) is 0 Å². The third-order valence-electron chi connectivity index (χ3n) is 4.24. The molecule has 0 aromatic heterocycles. The van der Waals surface area contributed by atoms with Gasteiger partial charge in [0.05, 0.1) is 5.92 Å². The molecule has 2 rings (SSSR count). The Morgan fingerprint density at radius 1 is 1.21 bits per heavy atom. The molecule has 0 bridgehead atoms. The average molecular weight is 354 g/mol. The number of Topliss-reactive ketones (excluding diaryl/α,β-unsaturated/α-hetero) is 1. The molecule has 1 fully saturated rings. The topological polar surface area (TPSA) is 105 Å². The normalized spacial score (nSPS) is 19.7. The molecule has 0 amide bonds. The van der Waals surface area contributed by atoms with Crippen LogP contribution >= 0.6 is 12.4 Å². The van der Waals surface area contributed by atoms with Crippen LogP contribution in [0.5, 0.6) is 5.75 Å². The van der Waals surface area contributed by atoms with E-state index >= 15 is 0 Å². The highest BCUT2D eigenvalue weighted by atomic mass is 35.5. The second-order valence-corrected chi connectivity index (χ2v) is 6.01. The van der Waals surface area contributed by atoms with Gasteiger partial charge in [0.1, 0.15) is 5.75 Å². The first-order chi connectivity index (χ1) is 11.0. The van der Waals surface area contributed by atoms with Crippen molar-refractivity contribution in [2.24, 2.45) is 17.6 Å². The van der Waals surface area contributed by atoms with E-state index in [4.69, 9.17) is 15.9 Å². The number of ketones is 1. The van der Waals surface area contributed by atoms with Crippen LogP contribution in [0.3, 0.4) is 0 Å². The van der Waals surface area contributed by atoms with Crippen molar-refractivity contribution >= 4 is 30.1 Å². The van der Waals surface area contributed by atoms with Gasteiger partial charge in [-0.15, -0.1) is 12.4 Å². The minimum atomic E-state index is -0.210. The van der Waals surface area contributed by atoms with Crippen LogP contribution in [-0.2, 0) is 4.79 Å². The molecule has 7 heteroatoms. The Morgan fingerprint density at radius 2 is 1.79 bits per heavy atom. The monoisotopic (exact) mass is 353 g/mol. The van der Waals surface area contributed by atoms with Crippen molar-refractivity contribution in [2.45, 2.75) is 32.6 Å². The lowest BCUT2D eigenvalue weighted by Gasteiger charge is -2.27. The van der Waals surface area contributed by atoms with E-state index in [9.17, 15) is 9.59 Å². The smallest absolute Gasteiger partial charge is 0.314 e. The lowest BCUT2D eigenvalue weighted by molar-refractivity contribution is -0.140. The maximum Gasteiger partial charge on any atom is 0.314 e. The predicted molar refractivity (Wildman–Crippen MR) is 94.7 cm³/mol. The summed E-state index contributed by atoms with van der Waals surface area (Å²) in [5.74, 6) is 0.591. The number of carbonyl (C=O) groups excluding carboxylic acids is 2. The molecule has 1 aliphatic carbocycles. The third-order valence-corrected chi connectivity index (χ3v) is 4.24. The maximum atomic E-state index is 12.2. The fourth-order valence-electron chi connectivity index (χ4n) is 2.81. The molecule has 0 unspecified atom stereocenters. The van der Waals surface area contributed by atoms with Crippen molar-refractivity contribution in [2.75, 3.05) is 6.54 Å². The summed E-state index contributed by atoms with van der Waals surface area (Å²) in [4.78, 5) is 23.4. The van der Waals surface area contributed by atoms with Crippen molar-refractivity contribution in [3.8, 4) is 5.75 Å². The highest BCUT2D eigenvalue weighted by Crippen LogP contribution is 2.29. The Labute approximate surface area is 148 Å². The van der Waals surface area contributed by atoms with Crippen molar-refractivity contribution in [3.63, 3.8) is 0 Å². The maximum absolute atomic E-state index is 12.2. The van der Waals surface area contributed by atoms with E-state index in [0.29, 0.717) is 23.8 Å². The van der Waals surface area contributed by atoms with E-state index in [0.717, 1.165) is 25.7 Å². The molecule has 0 aliphatic heterocycles. The average Bonchev–Trinajstić information content (AvgIpc) is 2.54. The van der Waals surface area contributed by atoms with Gasteiger partial charge in [-0.2, -0.15) is 0 Å². The first kappa shape index (κ1) is 20.0. The van der Waals surface area contributed by atoms with Crippen LogP contribution in [0.15, 0.2) is 24.3 Å². The molecule has 0 radical (unpaired) electrons. The van der Waals surface area contributed by atoms with Gasteiger partial charge in [0.2, 0.25) is 0 Å². The van der Waals surface area contributed by atoms with Gasteiger partial charge >= 0.3 is 5.97 Å². The lowest BCUT2D eigenvalue weighted by Crippen LogP contribution is -2.36. The minimum Gasteiger partial charge on any atom is -0.426 e. The Balaban J connectivity index is 0.00000288. The number of ether oxygens (including phenoxy) is 1. The summed E-state index contributed by atoms with van der Waals surface area (Å²) < 4.78 is 5.40. The third kappa shape index (κ3) is 5.85. The molecule has 6 nitrogen and oxygen atoms in total. The number of esters is 1. The van der Waals surface area contributed by atoms with Gasteiger partial charge in [-0.1, -0.05) is 0 Å². The number of halogens is 1. The molecule has 1 aromatic carbocycles. The van der Waals surface area contributed by atoms with Crippen molar-refractivity contribution in [1.82, 2.24) is 5.32 Å². The summed E-state index contributed by atoms with van der Waals surface area (Å²) in [6.07, 6.45) is 3.41. The van der Waals surface area contributed by atoms with Crippen LogP contribution in [0.1, 0.15) is 43.0 Å². The standard InChI is InChI=1S/C17H23N3O3.ClH/c1-11(21)13-6-8-15(9-7-13)23-16(22)14-4-2-12(3-5-14)10-20-17(18)19;/h6-9,12,14H,2-5,10H2,1H3,(H4,18,19,20);1H/t12-,14-;. The van der Waals surface area contributed by atoms with Crippen molar-refractivity contribution in [1.29, 1.82) is 5.41 Å². The largest absolute Gasteiger partial charge is 0.426 e. The number of hydrogen-bond acceptors (Lipinski definition) is 4. The van der Waals surface area contributed by atoms with Crippen LogP contribution in [0, 0.1) is 17.2 Å². The molecule has 1 saturated carbocycles. The van der Waals surface area contributed by atoms with Crippen LogP contribution in [0.4, 0.5) is 0 Å². The predicted octanol–water partition coefficient (Wildman–Crippen LogP) is 2.51. The van der Waals surface area contributed by atoms with Gasteiger partial charge in [0.25, 0.3) is 0 Å². The second kappa shape index (κ2) is 9.27. The number of guanidine groups is 1. The van der Waals surface area contributed by atoms with E-state index in [1.54, 1.807) is 24.3 Å². The van der Waals surface area contributed by atoms with Gasteiger partial charge < -0.3 is 15.8 Å². The molecule has 0 atom stereocenters. The Morgan fingerprint density at radius 3 is 2.29 bits per heavy atom. The molecule has 1 aromatic rings. The number of benzene rings is 1. The number of rotatable bonds is 5. The summed E-state index contributed by atoms with van der Waals surface area (Å²) in [7, 11) is 0. The first-order valence-electron chi connectivity index (χ1n) is 7.86. The van der Waals surface area contributed by atoms with E-state index in [-0.39, 0.29) is 36.0 Å². The minimum absolute atomic E-state index is 0. The van der Waals surface area contributed by atoms with E-state index in [1.165, 1.54) is 6.92 Å². The molecule has 1 aliphatic rings. The zero-order chi connectivity index (χ0) is 16.8. The molecule has 132 valence electrons. The summed E-state index contributed by atoms with van der Waals surface area (Å²) in [5.41, 5.74) is 5.88. The Hall–Kier alpha value is -2.08. The van der Waals surface area contributed by atoms with Gasteiger partial charge in [0.15, 0.2) is 11.7 Å². The summed E-state index contributed by atoms with van der Waals surface area (Å²) in [6.45, 7) is 2.18. The Bertz CT molecular complexity index is 581. The fourth-order valence-corrected chi connectivity index (χ4v) is 2.81. The highest BCUT2D eigenvalue weighted by molar-refractivity contribution is 5.94. The molecule has 0 saturated heterocycles. The number of carbonyl (C=O) groups is 2. The molecule has 0 spiro atoms. The number of nitrogens with one attached hydrogen (secondary N) is 2. The van der Waals surface area contributed by atoms with Crippen molar-refractivity contribution in [3.05, 3.63) is 29.8 Å². The molecular formula is C17H24ClN3O3. The quantitative estimate of drug-likeness (QED) is 0.248. The summed E-state index contributed by atoms with van der Waals surface area (Å²) in [6, 6.07) is 6.62. The SMILES string of the molecule is CC(=O)c1ccc(OC(=O)[C@H]2CC[C@H](CNC(=N)N)CC2)cc1.Cl. The zero-order valence-corrected chi connectivity index (χ0v) is 14.5. The Kier molecular flexibility index (Phi) is 7.71. The zero-order valence-electron chi connectivity index (χ0n) is 13.7. The molecule has 24 heavy (non-hydrogen) atoms. The van der Waals surface area contributed by atoms with E-state index in [2.05, 4.69) is 5.32 Å². The van der Waals surface area contributed by atoms with Gasteiger partial charge in [-0.05, 0) is 62.8 Å². The summed E-state index contributed by atoms with van der Waals surface area (Å²) >= 11 is 0. The number of hydrogen-bond donors (Lipinski definition) is 3. The molecule has 0 heterocycles. The van der Waals surface area contributed by atoms with Gasteiger partial charge in [-0.3, -0.25) is 15.0 Å². The molecule has 4 N–H and O–H groups in total. The van der Waals surface area contributed by atoms with Crippen LogP contribution in [-0.4, -0.2) is 24.3 Å². The van der Waals surface area contributed by atoms with Gasteiger partial charge in [0, 0.05) is 12.1 Å². The highest BCUT2D eigenvalue weighted by Gasteiger charge is 2.27. The second-order valence-electron chi connectivity index (χ2n) is 6.01. The van der Waals surface area contributed by atoms with Crippen LogP contribution in [0.25, 0.3) is 0 Å². The van der Waals surface area contributed by atoms with Crippen LogP contribution < -0.4 is 15.8 Å². The number of nitrogens with two attached hydrogens (primary N) is 1. The first-order valence-corrected chi connectivity index (χ1v) is 7.86. The summed E-state index contributed by atoms with van der Waals surface area (Å²) in [5, 5.41) is 9.99. The van der Waals surface area contributed by atoms with Gasteiger partial charge in [-0.25, -0.2) is 0 Å². The van der Waals surface area contributed by atoms with Crippen molar-refractivity contribution < 1.29 is 14.3 Å². The fraction of sp³-hybridized carbons (Fsp3) is 0.471. The lowest BCUT2D eigenvalue weighted by atomic mass is 9.82. The molecular weight excluding hydrogens is 330 g/mol.